The van der Waals surface area contributed by atoms with Gasteiger partial charge >= 0.3 is 0 Å². The minimum absolute atomic E-state index is 0.203. The normalized spacial score (nSPS) is 38.7. The Morgan fingerprint density at radius 1 is 1.20 bits per heavy atom. The Kier molecular flexibility index (Phi) is 3.11. The van der Waals surface area contributed by atoms with E-state index < -0.39 is 0 Å². The summed E-state index contributed by atoms with van der Waals surface area (Å²) in [4.78, 5) is 7.02. The summed E-state index contributed by atoms with van der Waals surface area (Å²) in [6.45, 7) is 4.52. The first-order valence-corrected chi connectivity index (χ1v) is 8.14. The van der Waals surface area contributed by atoms with Gasteiger partial charge in [0.15, 0.2) is 0 Å². The van der Waals surface area contributed by atoms with Gasteiger partial charge in [0.2, 0.25) is 0 Å². The van der Waals surface area contributed by atoms with E-state index in [-0.39, 0.29) is 12.1 Å². The highest BCUT2D eigenvalue weighted by atomic mass is 16.3. The zero-order chi connectivity index (χ0) is 13.7. The van der Waals surface area contributed by atoms with Crippen LogP contribution in [0.5, 0.6) is 0 Å². The Balaban J connectivity index is 1.49. The molecule has 4 rings (SSSR count). The van der Waals surface area contributed by atoms with Gasteiger partial charge in [-0.2, -0.15) is 0 Å². The third kappa shape index (κ3) is 2.01. The molecule has 2 heterocycles. The average molecular weight is 275 g/mol. The summed E-state index contributed by atoms with van der Waals surface area (Å²) >= 11 is 0. The van der Waals surface area contributed by atoms with E-state index in [1.807, 2.05) is 19.3 Å². The van der Waals surface area contributed by atoms with Crippen LogP contribution >= 0.6 is 0 Å². The minimum Gasteiger partial charge on any atom is -0.391 e. The Hall–Kier alpha value is -0.870. The van der Waals surface area contributed by atoms with Gasteiger partial charge in [0.25, 0.3) is 0 Å². The van der Waals surface area contributed by atoms with Crippen LogP contribution in [0, 0.1) is 18.8 Å². The van der Waals surface area contributed by atoms with Gasteiger partial charge in [-0.3, -0.25) is 4.90 Å². The predicted molar refractivity (Wildman–Crippen MR) is 77.4 cm³/mol. The Labute approximate surface area is 120 Å². The van der Waals surface area contributed by atoms with Crippen LogP contribution in [-0.4, -0.2) is 44.8 Å². The molecule has 3 fully saturated rings. The van der Waals surface area contributed by atoms with Gasteiger partial charge in [-0.1, -0.05) is 6.42 Å². The van der Waals surface area contributed by atoms with Crippen molar-refractivity contribution in [1.82, 2.24) is 14.5 Å². The second-order valence-electron chi connectivity index (χ2n) is 7.05. The van der Waals surface area contributed by atoms with Crippen molar-refractivity contribution in [3.63, 3.8) is 0 Å². The average Bonchev–Trinajstić information content (AvgIpc) is 2.91. The third-order valence-corrected chi connectivity index (χ3v) is 5.95. The van der Waals surface area contributed by atoms with Crippen LogP contribution in [0.25, 0.3) is 0 Å². The fraction of sp³-hybridized carbons (Fsp3) is 0.812. The van der Waals surface area contributed by atoms with Crippen LogP contribution in [-0.2, 0) is 0 Å². The van der Waals surface area contributed by atoms with Gasteiger partial charge in [0.05, 0.1) is 12.1 Å². The molecule has 110 valence electrons. The van der Waals surface area contributed by atoms with Crippen molar-refractivity contribution in [3.8, 4) is 0 Å². The molecular formula is C16H25N3O. The van der Waals surface area contributed by atoms with Gasteiger partial charge in [-0.05, 0) is 44.4 Å². The molecule has 0 spiro atoms. The van der Waals surface area contributed by atoms with E-state index in [1.54, 1.807) is 0 Å². The summed E-state index contributed by atoms with van der Waals surface area (Å²) in [5.74, 6) is 2.51. The van der Waals surface area contributed by atoms with Crippen molar-refractivity contribution in [2.24, 2.45) is 11.8 Å². The lowest BCUT2D eigenvalue weighted by Crippen LogP contribution is -2.38. The Morgan fingerprint density at radius 2 is 1.95 bits per heavy atom. The minimum atomic E-state index is -0.203. The number of hydrogen-bond acceptors (Lipinski definition) is 3. The first-order valence-electron chi connectivity index (χ1n) is 8.14. The fourth-order valence-electron chi connectivity index (χ4n) is 4.53. The molecule has 1 aromatic rings. The van der Waals surface area contributed by atoms with Gasteiger partial charge in [0, 0.05) is 31.5 Å². The lowest BCUT2D eigenvalue weighted by molar-refractivity contribution is 0.0349. The quantitative estimate of drug-likeness (QED) is 0.897. The van der Waals surface area contributed by atoms with Gasteiger partial charge < -0.3 is 9.67 Å². The monoisotopic (exact) mass is 275 g/mol. The standard InChI is InChI=1S/C16H25N3O/c1-11-17-5-6-19(11)15-7-12-9-18(14-3-2-4-14)10-13(12)8-16(15)20/h5-6,12-16,20H,2-4,7-10H2,1H3/t12-,13+,15-,16-/m0/s1. The number of imidazole rings is 1. The molecule has 0 amide bonds. The molecule has 1 aromatic heterocycles. The van der Waals surface area contributed by atoms with Crippen LogP contribution in [0.1, 0.15) is 44.0 Å². The maximum atomic E-state index is 10.5. The van der Waals surface area contributed by atoms with Gasteiger partial charge in [-0.15, -0.1) is 0 Å². The largest absolute Gasteiger partial charge is 0.391 e. The summed E-state index contributed by atoms with van der Waals surface area (Å²) in [7, 11) is 0. The lowest BCUT2D eigenvalue weighted by Gasteiger charge is -2.36. The van der Waals surface area contributed by atoms with Crippen molar-refractivity contribution in [2.45, 2.75) is 57.2 Å². The molecule has 0 bridgehead atoms. The molecule has 4 atom stereocenters. The summed E-state index contributed by atoms with van der Waals surface area (Å²) in [5, 5.41) is 10.5. The topological polar surface area (TPSA) is 41.3 Å². The highest BCUT2D eigenvalue weighted by molar-refractivity contribution is 5.01. The molecule has 4 heteroatoms. The van der Waals surface area contributed by atoms with Crippen LogP contribution in [0.4, 0.5) is 0 Å². The van der Waals surface area contributed by atoms with E-state index >= 15 is 0 Å². The lowest BCUT2D eigenvalue weighted by atomic mass is 9.77. The van der Waals surface area contributed by atoms with Crippen LogP contribution in [0.3, 0.4) is 0 Å². The molecular weight excluding hydrogens is 250 g/mol. The number of hydrogen-bond donors (Lipinski definition) is 1. The molecule has 2 saturated carbocycles. The molecule has 0 unspecified atom stereocenters. The molecule has 4 nitrogen and oxygen atoms in total. The summed E-state index contributed by atoms with van der Waals surface area (Å²) in [6.07, 6.45) is 9.97. The number of aromatic nitrogens is 2. The van der Waals surface area contributed by atoms with Crippen molar-refractivity contribution in [2.75, 3.05) is 13.1 Å². The zero-order valence-electron chi connectivity index (χ0n) is 12.3. The van der Waals surface area contributed by atoms with Crippen molar-refractivity contribution in [1.29, 1.82) is 0 Å². The second kappa shape index (κ2) is 4.85. The van der Waals surface area contributed by atoms with E-state index in [0.29, 0.717) is 5.92 Å². The maximum absolute atomic E-state index is 10.5. The first-order chi connectivity index (χ1) is 9.72. The number of aliphatic hydroxyl groups excluding tert-OH is 1. The van der Waals surface area contributed by atoms with Crippen LogP contribution in [0.2, 0.25) is 0 Å². The highest BCUT2D eigenvalue weighted by Gasteiger charge is 2.44. The number of nitrogens with zero attached hydrogens (tertiary/aromatic N) is 3. The summed E-state index contributed by atoms with van der Waals surface area (Å²) in [6, 6.07) is 1.09. The second-order valence-corrected chi connectivity index (χ2v) is 7.05. The number of rotatable bonds is 2. The van der Waals surface area contributed by atoms with Gasteiger partial charge in [-0.25, -0.2) is 4.98 Å². The molecule has 1 saturated heterocycles. The molecule has 2 aliphatic carbocycles. The molecule has 1 N–H and O–H groups in total. The van der Waals surface area contributed by atoms with Crippen molar-refractivity contribution < 1.29 is 5.11 Å². The third-order valence-electron chi connectivity index (χ3n) is 5.95. The number of aliphatic hydroxyl groups is 1. The summed E-state index contributed by atoms with van der Waals surface area (Å²) < 4.78 is 2.19. The van der Waals surface area contributed by atoms with E-state index in [1.165, 1.54) is 32.4 Å². The van der Waals surface area contributed by atoms with E-state index in [9.17, 15) is 5.11 Å². The number of likely N-dealkylation sites (tertiary alicyclic amines) is 1. The SMILES string of the molecule is Cc1nccn1[C@H]1C[C@H]2CN(C3CCC3)C[C@H]2C[C@@H]1O. The Bertz CT molecular complexity index is 482. The van der Waals surface area contributed by atoms with Crippen molar-refractivity contribution >= 4 is 0 Å². The summed E-state index contributed by atoms with van der Waals surface area (Å²) in [5.41, 5.74) is 0. The molecule has 20 heavy (non-hydrogen) atoms. The van der Waals surface area contributed by atoms with E-state index in [0.717, 1.165) is 30.6 Å². The predicted octanol–water partition coefficient (Wildman–Crippen LogP) is 1.99. The van der Waals surface area contributed by atoms with Crippen molar-refractivity contribution in [3.05, 3.63) is 18.2 Å². The number of fused-ring (bicyclic) bond motifs is 1. The molecule has 3 aliphatic rings. The smallest absolute Gasteiger partial charge is 0.105 e. The molecule has 1 aliphatic heterocycles. The van der Waals surface area contributed by atoms with E-state index in [2.05, 4.69) is 14.5 Å². The van der Waals surface area contributed by atoms with E-state index in [4.69, 9.17) is 0 Å². The fourth-order valence-corrected chi connectivity index (χ4v) is 4.53. The highest BCUT2D eigenvalue weighted by Crippen LogP contribution is 2.43. The molecule has 0 aromatic carbocycles. The van der Waals surface area contributed by atoms with Crippen LogP contribution in [0.15, 0.2) is 12.4 Å². The van der Waals surface area contributed by atoms with Crippen LogP contribution < -0.4 is 0 Å². The van der Waals surface area contributed by atoms with Gasteiger partial charge in [0.1, 0.15) is 5.82 Å². The number of aryl methyl sites for hydroxylation is 1. The Morgan fingerprint density at radius 3 is 2.55 bits per heavy atom. The zero-order valence-corrected chi connectivity index (χ0v) is 12.3. The molecule has 0 radical (unpaired) electrons. The first kappa shape index (κ1) is 12.8. The maximum Gasteiger partial charge on any atom is 0.105 e.